The SMILES string of the molecule is C[C@H](c1ccc(Cl)cc1Cl)N(c1cccc(I)c1)S(=O)(=O)c1cccc2nccnc12. The summed E-state index contributed by atoms with van der Waals surface area (Å²) >= 11 is 14.7. The lowest BCUT2D eigenvalue weighted by Gasteiger charge is -2.31. The summed E-state index contributed by atoms with van der Waals surface area (Å²) in [5.41, 5.74) is 1.98. The fourth-order valence-corrected chi connectivity index (χ4v) is 6.31. The van der Waals surface area contributed by atoms with E-state index in [0.29, 0.717) is 32.3 Å². The van der Waals surface area contributed by atoms with Gasteiger partial charge in [-0.15, -0.1) is 0 Å². The average molecular weight is 584 g/mol. The van der Waals surface area contributed by atoms with E-state index in [9.17, 15) is 8.42 Å². The van der Waals surface area contributed by atoms with E-state index in [2.05, 4.69) is 32.6 Å². The van der Waals surface area contributed by atoms with Crippen molar-refractivity contribution in [2.24, 2.45) is 0 Å². The van der Waals surface area contributed by atoms with Crippen LogP contribution in [0, 0.1) is 3.57 Å². The Labute approximate surface area is 204 Å². The molecular formula is C22H16Cl2IN3O2S. The predicted molar refractivity (Wildman–Crippen MR) is 133 cm³/mol. The lowest BCUT2D eigenvalue weighted by Crippen LogP contribution is -2.34. The van der Waals surface area contributed by atoms with Gasteiger partial charge < -0.3 is 0 Å². The zero-order valence-electron chi connectivity index (χ0n) is 16.2. The van der Waals surface area contributed by atoms with Gasteiger partial charge in [-0.3, -0.25) is 14.3 Å². The van der Waals surface area contributed by atoms with Gasteiger partial charge in [-0.05, 0) is 77.5 Å². The number of anilines is 1. The van der Waals surface area contributed by atoms with Crippen molar-refractivity contribution in [2.45, 2.75) is 17.9 Å². The summed E-state index contributed by atoms with van der Waals surface area (Å²) in [6.07, 6.45) is 3.02. The Morgan fingerprint density at radius 2 is 1.71 bits per heavy atom. The lowest BCUT2D eigenvalue weighted by molar-refractivity contribution is 0.583. The number of hydrogen-bond donors (Lipinski definition) is 0. The smallest absolute Gasteiger partial charge is 0.259 e. The monoisotopic (exact) mass is 583 g/mol. The Kier molecular flexibility index (Phi) is 6.39. The van der Waals surface area contributed by atoms with Crippen molar-refractivity contribution in [2.75, 3.05) is 4.31 Å². The molecule has 5 nitrogen and oxygen atoms in total. The molecule has 0 aliphatic carbocycles. The summed E-state index contributed by atoms with van der Waals surface area (Å²) in [6, 6.07) is 16.7. The molecule has 0 aliphatic heterocycles. The number of fused-ring (bicyclic) bond motifs is 1. The molecule has 9 heteroatoms. The number of nitrogens with zero attached hydrogens (tertiary/aromatic N) is 3. The van der Waals surface area contributed by atoms with E-state index in [1.165, 1.54) is 16.7 Å². The number of rotatable bonds is 5. The fraction of sp³-hybridized carbons (Fsp3) is 0.0909. The molecule has 4 aromatic rings. The molecule has 1 aromatic heterocycles. The lowest BCUT2D eigenvalue weighted by atomic mass is 10.1. The van der Waals surface area contributed by atoms with E-state index in [1.807, 2.05) is 18.2 Å². The van der Waals surface area contributed by atoms with E-state index >= 15 is 0 Å². The molecule has 31 heavy (non-hydrogen) atoms. The molecule has 158 valence electrons. The van der Waals surface area contributed by atoms with Gasteiger partial charge >= 0.3 is 0 Å². The van der Waals surface area contributed by atoms with Crippen molar-refractivity contribution >= 4 is 72.5 Å². The highest BCUT2D eigenvalue weighted by Crippen LogP contribution is 2.38. The molecule has 0 spiro atoms. The Morgan fingerprint density at radius 3 is 2.45 bits per heavy atom. The fourth-order valence-electron chi connectivity index (χ4n) is 3.43. The molecule has 0 saturated heterocycles. The second-order valence-corrected chi connectivity index (χ2v) is 10.7. The standard InChI is InChI=1S/C22H16Cl2IN3O2S/c1-14(18-9-8-15(23)12-19(18)24)28(17-5-2-4-16(25)13-17)31(29,30)21-7-3-6-20-22(21)27-11-10-26-20/h2-14H,1H3/t14-/m1/s1. The van der Waals surface area contributed by atoms with E-state index < -0.39 is 16.1 Å². The third-order valence-electron chi connectivity index (χ3n) is 4.83. The summed E-state index contributed by atoms with van der Waals surface area (Å²) in [6.45, 7) is 1.79. The van der Waals surface area contributed by atoms with Crippen LogP contribution in [0.3, 0.4) is 0 Å². The third-order valence-corrected chi connectivity index (χ3v) is 7.99. The predicted octanol–water partition coefficient (Wildman–Crippen LogP) is 6.50. The summed E-state index contributed by atoms with van der Waals surface area (Å²) in [5, 5.41) is 0.873. The Balaban J connectivity index is 1.96. The van der Waals surface area contributed by atoms with E-state index in [4.69, 9.17) is 23.2 Å². The van der Waals surface area contributed by atoms with Crippen molar-refractivity contribution in [1.29, 1.82) is 0 Å². The second-order valence-electron chi connectivity index (χ2n) is 6.80. The molecule has 0 unspecified atom stereocenters. The molecule has 4 rings (SSSR count). The topological polar surface area (TPSA) is 63.2 Å². The highest BCUT2D eigenvalue weighted by Gasteiger charge is 2.33. The minimum Gasteiger partial charge on any atom is -0.259 e. The average Bonchev–Trinajstić information content (AvgIpc) is 2.73. The van der Waals surface area contributed by atoms with Crippen molar-refractivity contribution in [3.63, 3.8) is 0 Å². The van der Waals surface area contributed by atoms with Crippen LogP contribution in [0.25, 0.3) is 11.0 Å². The molecule has 0 fully saturated rings. The van der Waals surface area contributed by atoms with Crippen LogP contribution in [0.5, 0.6) is 0 Å². The maximum atomic E-state index is 14.0. The molecule has 0 saturated carbocycles. The maximum Gasteiger partial charge on any atom is 0.267 e. The maximum absolute atomic E-state index is 14.0. The highest BCUT2D eigenvalue weighted by atomic mass is 127. The molecular weight excluding hydrogens is 568 g/mol. The molecule has 1 atom stereocenters. The van der Waals surface area contributed by atoms with Gasteiger partial charge in [-0.1, -0.05) is 41.4 Å². The van der Waals surface area contributed by atoms with Gasteiger partial charge in [-0.25, -0.2) is 8.42 Å². The minimum absolute atomic E-state index is 0.0777. The van der Waals surface area contributed by atoms with Gasteiger partial charge in [0.05, 0.1) is 17.2 Å². The summed E-state index contributed by atoms with van der Waals surface area (Å²) < 4.78 is 30.3. The first kappa shape index (κ1) is 22.3. The van der Waals surface area contributed by atoms with Crippen LogP contribution in [-0.4, -0.2) is 18.4 Å². The van der Waals surface area contributed by atoms with Crippen LogP contribution in [0.4, 0.5) is 5.69 Å². The molecule has 0 aliphatic rings. The van der Waals surface area contributed by atoms with Gasteiger partial charge in [0.1, 0.15) is 10.4 Å². The van der Waals surface area contributed by atoms with Gasteiger partial charge in [-0.2, -0.15) is 0 Å². The molecule has 0 N–H and O–H groups in total. The normalized spacial score (nSPS) is 12.6. The first-order chi connectivity index (χ1) is 14.8. The highest BCUT2D eigenvalue weighted by molar-refractivity contribution is 14.1. The van der Waals surface area contributed by atoms with Crippen LogP contribution < -0.4 is 4.31 Å². The van der Waals surface area contributed by atoms with Crippen LogP contribution in [0.15, 0.2) is 78.0 Å². The van der Waals surface area contributed by atoms with Crippen molar-refractivity contribution < 1.29 is 8.42 Å². The third kappa shape index (κ3) is 4.37. The quantitative estimate of drug-likeness (QED) is 0.252. The van der Waals surface area contributed by atoms with Crippen LogP contribution in [0.1, 0.15) is 18.5 Å². The van der Waals surface area contributed by atoms with Gasteiger partial charge in [0.15, 0.2) is 0 Å². The number of sulfonamides is 1. The largest absolute Gasteiger partial charge is 0.267 e. The first-order valence-electron chi connectivity index (χ1n) is 9.24. The number of aromatic nitrogens is 2. The molecule has 0 amide bonds. The van der Waals surface area contributed by atoms with Crippen molar-refractivity contribution in [1.82, 2.24) is 9.97 Å². The van der Waals surface area contributed by atoms with Crippen LogP contribution in [0.2, 0.25) is 10.0 Å². The van der Waals surface area contributed by atoms with Crippen LogP contribution >= 0.6 is 45.8 Å². The Bertz CT molecular complexity index is 1380. The molecule has 1 heterocycles. The summed E-state index contributed by atoms with van der Waals surface area (Å²) in [7, 11) is -4.04. The Morgan fingerprint density at radius 1 is 0.968 bits per heavy atom. The summed E-state index contributed by atoms with van der Waals surface area (Å²) in [5.74, 6) is 0. The van der Waals surface area contributed by atoms with Crippen LogP contribution in [-0.2, 0) is 10.0 Å². The molecule has 0 radical (unpaired) electrons. The van der Waals surface area contributed by atoms with Gasteiger partial charge in [0.25, 0.3) is 10.0 Å². The Hall–Kier alpha value is -1.94. The van der Waals surface area contributed by atoms with Gasteiger partial charge in [0, 0.05) is 26.0 Å². The van der Waals surface area contributed by atoms with Gasteiger partial charge in [0.2, 0.25) is 0 Å². The first-order valence-corrected chi connectivity index (χ1v) is 12.5. The number of hydrogen-bond acceptors (Lipinski definition) is 4. The number of halogens is 3. The number of benzene rings is 3. The summed E-state index contributed by atoms with van der Waals surface area (Å²) in [4.78, 5) is 8.61. The van der Waals surface area contributed by atoms with E-state index in [0.717, 1.165) is 3.57 Å². The van der Waals surface area contributed by atoms with Crippen molar-refractivity contribution in [3.05, 3.63) is 92.2 Å². The number of para-hydroxylation sites is 1. The van der Waals surface area contributed by atoms with E-state index in [-0.39, 0.29) is 4.90 Å². The minimum atomic E-state index is -4.04. The van der Waals surface area contributed by atoms with Crippen molar-refractivity contribution in [3.8, 4) is 0 Å². The zero-order chi connectivity index (χ0) is 22.2. The molecule has 3 aromatic carbocycles. The molecule has 0 bridgehead atoms. The zero-order valence-corrected chi connectivity index (χ0v) is 20.7. The second kappa shape index (κ2) is 8.90. The van der Waals surface area contributed by atoms with E-state index in [1.54, 1.807) is 49.4 Å².